The first kappa shape index (κ1) is 40.5. The Balaban J connectivity index is 0.000000247. The molecule has 2 aliphatic heterocycles. The van der Waals surface area contributed by atoms with Crippen LogP contribution in [0.15, 0.2) is 103 Å². The quantitative estimate of drug-likeness (QED) is 0.184. The number of likely N-dealkylation sites (N-methyl/N-ethyl adjacent to an activating group) is 1. The third kappa shape index (κ3) is 10.6. The highest BCUT2D eigenvalue weighted by molar-refractivity contribution is 6.04. The number of alkyl halides is 3. The number of nitrogens with zero attached hydrogens (tertiary/aromatic N) is 4. The summed E-state index contributed by atoms with van der Waals surface area (Å²) in [4.78, 5) is 41.2. The van der Waals surface area contributed by atoms with Crippen molar-refractivity contribution in [2.24, 2.45) is 0 Å². The molecule has 0 spiro atoms. The van der Waals surface area contributed by atoms with Gasteiger partial charge in [-0.25, -0.2) is 4.68 Å². The van der Waals surface area contributed by atoms with E-state index in [1.807, 2.05) is 81.4 Å². The summed E-state index contributed by atoms with van der Waals surface area (Å²) in [7, 11) is 0. The average Bonchev–Trinajstić information content (AvgIpc) is 3.74. The summed E-state index contributed by atoms with van der Waals surface area (Å²) < 4.78 is 40.5. The van der Waals surface area contributed by atoms with Gasteiger partial charge < -0.3 is 15.7 Å². The third-order valence-corrected chi connectivity index (χ3v) is 8.70. The van der Waals surface area contributed by atoms with E-state index < -0.39 is 29.3 Å². The first-order chi connectivity index (χ1) is 25.3. The molecule has 4 aromatic rings. The molecule has 1 fully saturated rings. The number of likely N-dealkylation sites (tertiary alicyclic amines) is 1. The van der Waals surface area contributed by atoms with Crippen LogP contribution < -0.4 is 15.5 Å². The predicted molar refractivity (Wildman–Crippen MR) is 198 cm³/mol. The molecule has 3 heterocycles. The van der Waals surface area contributed by atoms with E-state index >= 15 is 0 Å². The second kappa shape index (κ2) is 18.0. The van der Waals surface area contributed by atoms with Crippen molar-refractivity contribution in [3.8, 4) is 5.69 Å². The first-order valence-corrected chi connectivity index (χ1v) is 17.6. The van der Waals surface area contributed by atoms with Gasteiger partial charge in [-0.3, -0.25) is 24.2 Å². The number of aromatic nitrogens is 2. The number of hydrogen-bond acceptors (Lipinski definition) is 6. The molecule has 0 saturated carbocycles. The SMILES string of the molecule is C=C(CN1CCC(C)(O)C1)C(=O)NCc1ccccc1.CC.CCN1C(=O)C(NC(=O)c2cccc(C(F)(F)F)c2)Cc2cnn(-c3ccccc3)c21. The van der Waals surface area contributed by atoms with Crippen LogP contribution in [0.4, 0.5) is 19.0 Å². The van der Waals surface area contributed by atoms with Crippen LogP contribution in [0.1, 0.15) is 61.2 Å². The highest BCUT2D eigenvalue weighted by Crippen LogP contribution is 2.32. The van der Waals surface area contributed by atoms with Crippen LogP contribution in [-0.2, 0) is 28.7 Å². The Morgan fingerprint density at radius 1 is 1.02 bits per heavy atom. The van der Waals surface area contributed by atoms with E-state index in [4.69, 9.17) is 0 Å². The fraction of sp³-hybridized carbons (Fsp3) is 0.350. The lowest BCUT2D eigenvalue weighted by Crippen LogP contribution is -2.53. The summed E-state index contributed by atoms with van der Waals surface area (Å²) in [5, 5.41) is 19.7. The standard InChI is InChI=1S/C22H19F3N4O2.C16H22N2O2.C2H6/c1-2-28-20-15(13-26-29(20)17-9-4-3-5-10-17)12-18(21(28)31)27-19(30)14-7-6-8-16(11-14)22(23,24)25;1-13(11-18-9-8-16(2,20)12-18)15(19)17-10-14-6-4-3-5-7-14;1-2/h3-11,13,18H,2,12H2,1H3,(H,27,30);3-7,20H,1,8-12H2,2H3,(H,17,19);1-2H3. The molecule has 3 aromatic carbocycles. The number of rotatable bonds is 9. The monoisotopic (exact) mass is 732 g/mol. The molecule has 2 aliphatic rings. The van der Waals surface area contributed by atoms with E-state index in [0.29, 0.717) is 37.6 Å². The van der Waals surface area contributed by atoms with Crippen LogP contribution >= 0.6 is 0 Å². The van der Waals surface area contributed by atoms with Crippen molar-refractivity contribution in [3.05, 3.63) is 126 Å². The number of carbonyl (C=O) groups is 3. The molecular formula is C40H47F3N6O4. The fourth-order valence-corrected chi connectivity index (χ4v) is 6.08. The first-order valence-electron chi connectivity index (χ1n) is 17.6. The normalized spacial score (nSPS) is 18.2. The van der Waals surface area contributed by atoms with Crippen molar-refractivity contribution in [2.45, 2.75) is 64.9 Å². The van der Waals surface area contributed by atoms with Crippen molar-refractivity contribution in [1.29, 1.82) is 0 Å². The van der Waals surface area contributed by atoms with Crippen LogP contribution in [0, 0.1) is 0 Å². The van der Waals surface area contributed by atoms with Gasteiger partial charge in [0.05, 0.1) is 23.0 Å². The van der Waals surface area contributed by atoms with E-state index in [1.165, 1.54) is 17.0 Å². The number of carbonyl (C=O) groups excluding carboxylic acids is 3. The number of para-hydroxylation sites is 1. The van der Waals surface area contributed by atoms with Gasteiger partial charge in [-0.2, -0.15) is 18.3 Å². The maximum absolute atomic E-state index is 13.1. The Labute approximate surface area is 308 Å². The second-order valence-corrected chi connectivity index (χ2v) is 12.9. The Morgan fingerprint density at radius 3 is 2.28 bits per heavy atom. The minimum absolute atomic E-state index is 0.125. The van der Waals surface area contributed by atoms with Gasteiger partial charge in [0.1, 0.15) is 11.9 Å². The van der Waals surface area contributed by atoms with Crippen molar-refractivity contribution in [2.75, 3.05) is 31.1 Å². The number of anilines is 1. The van der Waals surface area contributed by atoms with Gasteiger partial charge in [-0.05, 0) is 56.2 Å². The number of aliphatic hydroxyl groups is 1. The number of hydrogen-bond donors (Lipinski definition) is 3. The van der Waals surface area contributed by atoms with E-state index in [2.05, 4.69) is 27.2 Å². The summed E-state index contributed by atoms with van der Waals surface area (Å²) in [6.45, 7) is 14.2. The van der Waals surface area contributed by atoms with Gasteiger partial charge in [-0.1, -0.05) is 75.0 Å². The Morgan fingerprint density at radius 2 is 1.68 bits per heavy atom. The zero-order valence-corrected chi connectivity index (χ0v) is 30.5. The summed E-state index contributed by atoms with van der Waals surface area (Å²) in [6.07, 6.45) is -1.98. The molecule has 0 radical (unpaired) electrons. The van der Waals surface area contributed by atoms with Crippen molar-refractivity contribution >= 4 is 23.5 Å². The molecule has 13 heteroatoms. The molecule has 1 aromatic heterocycles. The molecule has 3 amide bonds. The van der Waals surface area contributed by atoms with Crippen LogP contribution in [0.25, 0.3) is 5.69 Å². The van der Waals surface area contributed by atoms with Gasteiger partial charge in [0.2, 0.25) is 5.91 Å². The molecule has 10 nitrogen and oxygen atoms in total. The summed E-state index contributed by atoms with van der Waals surface area (Å²) in [5.74, 6) is -0.573. The molecule has 1 saturated heterocycles. The smallest absolute Gasteiger partial charge is 0.389 e. The molecule has 2 unspecified atom stereocenters. The number of amides is 3. The molecule has 53 heavy (non-hydrogen) atoms. The summed E-state index contributed by atoms with van der Waals surface area (Å²) in [5.41, 5.74) is 1.45. The fourth-order valence-electron chi connectivity index (χ4n) is 6.08. The van der Waals surface area contributed by atoms with E-state index in [0.717, 1.165) is 41.9 Å². The molecule has 0 bridgehead atoms. The Hall–Kier alpha value is -5.27. The number of benzene rings is 3. The van der Waals surface area contributed by atoms with Gasteiger partial charge in [-0.15, -0.1) is 0 Å². The zero-order valence-electron chi connectivity index (χ0n) is 30.5. The maximum atomic E-state index is 13.1. The van der Waals surface area contributed by atoms with Crippen LogP contribution in [0.3, 0.4) is 0 Å². The third-order valence-electron chi connectivity index (χ3n) is 8.70. The summed E-state index contributed by atoms with van der Waals surface area (Å²) in [6, 6.07) is 22.4. The predicted octanol–water partition coefficient (Wildman–Crippen LogP) is 5.94. The minimum Gasteiger partial charge on any atom is -0.389 e. The lowest BCUT2D eigenvalue weighted by atomic mass is 10.0. The molecular weight excluding hydrogens is 685 g/mol. The highest BCUT2D eigenvalue weighted by Gasteiger charge is 2.37. The van der Waals surface area contributed by atoms with Crippen molar-refractivity contribution in [3.63, 3.8) is 0 Å². The Kier molecular flexibility index (Phi) is 13.7. The summed E-state index contributed by atoms with van der Waals surface area (Å²) >= 11 is 0. The van der Waals surface area contributed by atoms with Gasteiger partial charge >= 0.3 is 6.18 Å². The number of β-amino-alcohol motifs (C(OH)–C–C–N with tert-alkyl or cyclic N) is 1. The van der Waals surface area contributed by atoms with E-state index in [1.54, 1.807) is 17.8 Å². The minimum atomic E-state index is -4.56. The van der Waals surface area contributed by atoms with Crippen LogP contribution in [-0.4, -0.2) is 75.3 Å². The second-order valence-electron chi connectivity index (χ2n) is 12.9. The molecule has 6 rings (SSSR count). The van der Waals surface area contributed by atoms with Gasteiger partial charge in [0, 0.05) is 55.8 Å². The highest BCUT2D eigenvalue weighted by atomic mass is 19.4. The average molecular weight is 733 g/mol. The molecule has 0 aliphatic carbocycles. The van der Waals surface area contributed by atoms with E-state index in [-0.39, 0.29) is 23.8 Å². The maximum Gasteiger partial charge on any atom is 0.416 e. The lowest BCUT2D eigenvalue weighted by Gasteiger charge is -2.32. The van der Waals surface area contributed by atoms with Crippen molar-refractivity contribution < 1.29 is 32.7 Å². The van der Waals surface area contributed by atoms with Crippen LogP contribution in [0.2, 0.25) is 0 Å². The number of halogens is 3. The van der Waals surface area contributed by atoms with Gasteiger partial charge in [0.15, 0.2) is 0 Å². The van der Waals surface area contributed by atoms with E-state index in [9.17, 15) is 32.7 Å². The molecule has 3 N–H and O–H groups in total. The number of fused-ring (bicyclic) bond motifs is 1. The lowest BCUT2D eigenvalue weighted by molar-refractivity contribution is -0.137. The molecule has 282 valence electrons. The zero-order chi connectivity index (χ0) is 38.8. The topological polar surface area (TPSA) is 120 Å². The number of nitrogens with one attached hydrogen (secondary N) is 2. The Bertz CT molecular complexity index is 1860. The van der Waals surface area contributed by atoms with Gasteiger partial charge in [0.25, 0.3) is 11.8 Å². The van der Waals surface area contributed by atoms with Crippen molar-refractivity contribution in [1.82, 2.24) is 25.3 Å². The van der Waals surface area contributed by atoms with Crippen LogP contribution in [0.5, 0.6) is 0 Å². The molecule has 2 atom stereocenters. The largest absolute Gasteiger partial charge is 0.416 e.